The van der Waals surface area contributed by atoms with E-state index in [0.29, 0.717) is 5.92 Å². The summed E-state index contributed by atoms with van der Waals surface area (Å²) in [4.78, 5) is 0. The van der Waals surface area contributed by atoms with Crippen LogP contribution in [-0.2, 0) is 4.74 Å². The molecule has 0 heterocycles. The van der Waals surface area contributed by atoms with Gasteiger partial charge in [-0.3, -0.25) is 0 Å². The van der Waals surface area contributed by atoms with E-state index < -0.39 is 0 Å². The van der Waals surface area contributed by atoms with Gasteiger partial charge in [0.1, 0.15) is 0 Å². The summed E-state index contributed by atoms with van der Waals surface area (Å²) in [6.45, 7) is 13.9. The molecule has 0 spiro atoms. The van der Waals surface area contributed by atoms with Crippen molar-refractivity contribution in [2.75, 3.05) is 13.7 Å². The zero-order valence-electron chi connectivity index (χ0n) is 10.9. The Balaban J connectivity index is 3.85. The predicted octanol–water partition coefficient (Wildman–Crippen LogP) is 2.83. The maximum Gasteiger partial charge on any atom is 0.0649 e. The minimum atomic E-state index is -0.0101. The summed E-state index contributed by atoms with van der Waals surface area (Å²) >= 11 is 0. The molecule has 0 aliphatic rings. The van der Waals surface area contributed by atoms with E-state index in [-0.39, 0.29) is 11.1 Å². The molecule has 0 saturated carbocycles. The summed E-state index contributed by atoms with van der Waals surface area (Å²) in [6, 6.07) is 0. The van der Waals surface area contributed by atoms with Crippen LogP contribution >= 0.6 is 0 Å². The monoisotopic (exact) mass is 201 g/mol. The Bertz CT molecular complexity index is 162. The summed E-state index contributed by atoms with van der Waals surface area (Å²) in [7, 11) is 1.99. The van der Waals surface area contributed by atoms with Crippen LogP contribution in [0.5, 0.6) is 0 Å². The first-order valence-corrected chi connectivity index (χ1v) is 5.54. The minimum Gasteiger partial charge on any atom is -0.375 e. The molecular weight excluding hydrogens is 174 g/mol. The van der Waals surface area contributed by atoms with Crippen LogP contribution in [0.25, 0.3) is 0 Å². The van der Waals surface area contributed by atoms with Crippen molar-refractivity contribution in [3.8, 4) is 0 Å². The van der Waals surface area contributed by atoms with Crippen LogP contribution in [0.4, 0.5) is 0 Å². The predicted molar refractivity (Wildman–Crippen MR) is 62.6 cm³/mol. The van der Waals surface area contributed by atoms with Crippen LogP contribution < -0.4 is 5.32 Å². The smallest absolute Gasteiger partial charge is 0.0649 e. The van der Waals surface area contributed by atoms with Gasteiger partial charge in [-0.05, 0) is 47.1 Å². The van der Waals surface area contributed by atoms with E-state index in [0.717, 1.165) is 13.0 Å². The Hall–Kier alpha value is -0.0800. The molecule has 0 radical (unpaired) electrons. The van der Waals surface area contributed by atoms with Crippen molar-refractivity contribution in [1.82, 2.24) is 5.32 Å². The molecular formula is C12H27NO. The van der Waals surface area contributed by atoms with E-state index in [1.807, 2.05) is 7.05 Å². The molecule has 0 aliphatic heterocycles. The quantitative estimate of drug-likeness (QED) is 0.713. The van der Waals surface area contributed by atoms with Crippen molar-refractivity contribution >= 4 is 0 Å². The molecule has 0 saturated heterocycles. The molecule has 2 heteroatoms. The van der Waals surface area contributed by atoms with Gasteiger partial charge >= 0.3 is 0 Å². The molecule has 14 heavy (non-hydrogen) atoms. The summed E-state index contributed by atoms with van der Waals surface area (Å²) in [5.41, 5.74) is 0.164. The highest BCUT2D eigenvalue weighted by Gasteiger charge is 2.24. The van der Waals surface area contributed by atoms with Gasteiger partial charge in [-0.25, -0.2) is 0 Å². The molecule has 0 aliphatic carbocycles. The molecule has 0 aromatic heterocycles. The third-order valence-corrected chi connectivity index (χ3v) is 3.27. The third kappa shape index (κ3) is 4.97. The summed E-state index contributed by atoms with van der Waals surface area (Å²) < 4.78 is 5.89. The Kier molecular flexibility index (Phi) is 5.10. The first-order chi connectivity index (χ1) is 6.21. The fourth-order valence-corrected chi connectivity index (χ4v) is 0.861. The molecule has 2 nitrogen and oxygen atoms in total. The topological polar surface area (TPSA) is 21.3 Å². The number of ether oxygens (including phenoxy) is 1. The van der Waals surface area contributed by atoms with E-state index in [1.54, 1.807) is 0 Å². The average molecular weight is 201 g/mol. The summed E-state index contributed by atoms with van der Waals surface area (Å²) in [5.74, 6) is 0.556. The number of rotatable bonds is 6. The number of hydrogen-bond acceptors (Lipinski definition) is 2. The zero-order chi connectivity index (χ0) is 11.4. The normalized spacial score (nSPS) is 13.7. The Morgan fingerprint density at radius 1 is 1.14 bits per heavy atom. The molecule has 0 fully saturated rings. The largest absolute Gasteiger partial charge is 0.375 e. The van der Waals surface area contributed by atoms with Gasteiger partial charge in [0.05, 0.1) is 5.60 Å². The highest BCUT2D eigenvalue weighted by Crippen LogP contribution is 2.21. The SMILES string of the molecule is CNC(C)(C)CCOC(C)(C)C(C)C. The van der Waals surface area contributed by atoms with Gasteiger partial charge in [0, 0.05) is 12.1 Å². The van der Waals surface area contributed by atoms with Gasteiger partial charge in [-0.2, -0.15) is 0 Å². The van der Waals surface area contributed by atoms with Crippen LogP contribution in [0.2, 0.25) is 0 Å². The molecule has 0 bridgehead atoms. The van der Waals surface area contributed by atoms with E-state index in [9.17, 15) is 0 Å². The molecule has 0 aromatic rings. The van der Waals surface area contributed by atoms with E-state index in [1.165, 1.54) is 0 Å². The van der Waals surface area contributed by atoms with E-state index in [2.05, 4.69) is 46.9 Å². The second kappa shape index (κ2) is 5.13. The van der Waals surface area contributed by atoms with Crippen LogP contribution in [0.15, 0.2) is 0 Å². The number of nitrogens with one attached hydrogen (secondary N) is 1. The Morgan fingerprint density at radius 3 is 2.00 bits per heavy atom. The maximum absolute atomic E-state index is 5.89. The lowest BCUT2D eigenvalue weighted by atomic mass is 9.94. The summed E-state index contributed by atoms with van der Waals surface area (Å²) in [5, 5.41) is 3.28. The van der Waals surface area contributed by atoms with Crippen molar-refractivity contribution in [3.05, 3.63) is 0 Å². The third-order valence-electron chi connectivity index (χ3n) is 3.27. The second-order valence-corrected chi connectivity index (χ2v) is 5.49. The Labute approximate surface area is 89.4 Å². The van der Waals surface area contributed by atoms with Gasteiger partial charge in [-0.1, -0.05) is 13.8 Å². The van der Waals surface area contributed by atoms with Gasteiger partial charge in [0.15, 0.2) is 0 Å². The molecule has 1 N–H and O–H groups in total. The van der Waals surface area contributed by atoms with E-state index >= 15 is 0 Å². The van der Waals surface area contributed by atoms with Crippen molar-refractivity contribution in [1.29, 1.82) is 0 Å². The molecule has 0 unspecified atom stereocenters. The zero-order valence-corrected chi connectivity index (χ0v) is 10.9. The van der Waals surface area contributed by atoms with Gasteiger partial charge in [0.25, 0.3) is 0 Å². The lowest BCUT2D eigenvalue weighted by molar-refractivity contribution is -0.0559. The van der Waals surface area contributed by atoms with Gasteiger partial charge < -0.3 is 10.1 Å². The first kappa shape index (κ1) is 13.9. The van der Waals surface area contributed by atoms with Crippen molar-refractivity contribution < 1.29 is 4.74 Å². The maximum atomic E-state index is 5.89. The first-order valence-electron chi connectivity index (χ1n) is 5.54. The van der Waals surface area contributed by atoms with Crippen molar-refractivity contribution in [2.24, 2.45) is 5.92 Å². The van der Waals surface area contributed by atoms with Crippen LogP contribution in [0, 0.1) is 5.92 Å². The van der Waals surface area contributed by atoms with E-state index in [4.69, 9.17) is 4.74 Å². The fraction of sp³-hybridized carbons (Fsp3) is 1.00. The standard InChI is InChI=1S/C12H27NO/c1-10(2)12(5,6)14-9-8-11(3,4)13-7/h10,13H,8-9H2,1-7H3. The molecule has 0 rings (SSSR count). The second-order valence-electron chi connectivity index (χ2n) is 5.49. The van der Waals surface area contributed by atoms with Crippen LogP contribution in [0.1, 0.15) is 48.0 Å². The molecule has 0 aromatic carbocycles. The molecule has 0 amide bonds. The average Bonchev–Trinajstić information content (AvgIpc) is 2.03. The Morgan fingerprint density at radius 2 is 1.64 bits per heavy atom. The minimum absolute atomic E-state index is 0.0101. The molecule has 86 valence electrons. The molecule has 0 atom stereocenters. The summed E-state index contributed by atoms with van der Waals surface area (Å²) in [6.07, 6.45) is 1.04. The highest BCUT2D eigenvalue weighted by atomic mass is 16.5. The van der Waals surface area contributed by atoms with Gasteiger partial charge in [-0.15, -0.1) is 0 Å². The highest BCUT2D eigenvalue weighted by molar-refractivity contribution is 4.77. The lowest BCUT2D eigenvalue weighted by Gasteiger charge is -2.32. The van der Waals surface area contributed by atoms with Crippen LogP contribution in [-0.4, -0.2) is 24.8 Å². The lowest BCUT2D eigenvalue weighted by Crippen LogP contribution is -2.39. The van der Waals surface area contributed by atoms with Crippen molar-refractivity contribution in [2.45, 2.75) is 59.1 Å². The van der Waals surface area contributed by atoms with Gasteiger partial charge in [0.2, 0.25) is 0 Å². The van der Waals surface area contributed by atoms with Crippen molar-refractivity contribution in [3.63, 3.8) is 0 Å². The number of hydrogen-bond donors (Lipinski definition) is 1. The fourth-order valence-electron chi connectivity index (χ4n) is 0.861. The van der Waals surface area contributed by atoms with Crippen LogP contribution in [0.3, 0.4) is 0 Å².